The van der Waals surface area contributed by atoms with Gasteiger partial charge in [-0.3, -0.25) is 9.59 Å². The third-order valence-corrected chi connectivity index (χ3v) is 4.28. The van der Waals surface area contributed by atoms with Crippen LogP contribution in [0.5, 0.6) is 11.5 Å². The molecular formula is C22H23N3O4. The van der Waals surface area contributed by atoms with Gasteiger partial charge in [0.25, 0.3) is 5.91 Å². The molecule has 0 heterocycles. The highest BCUT2D eigenvalue weighted by Crippen LogP contribution is 2.29. The SMILES string of the molecule is COc1ccc(C(C)N/C=C(/C#N)C(=O)Nc2cccc(C(C)=O)c2)cc1OC. The summed E-state index contributed by atoms with van der Waals surface area (Å²) in [5.74, 6) is 0.526. The first kappa shape index (κ1) is 21.5. The van der Waals surface area contributed by atoms with Crippen LogP contribution in [0.25, 0.3) is 0 Å². The zero-order chi connectivity index (χ0) is 21.4. The van der Waals surface area contributed by atoms with Crippen molar-refractivity contribution in [2.45, 2.75) is 19.9 Å². The maximum Gasteiger partial charge on any atom is 0.267 e. The van der Waals surface area contributed by atoms with Gasteiger partial charge in [0.15, 0.2) is 17.3 Å². The van der Waals surface area contributed by atoms with E-state index in [9.17, 15) is 14.9 Å². The Balaban J connectivity index is 2.11. The summed E-state index contributed by atoms with van der Waals surface area (Å²) in [4.78, 5) is 23.9. The summed E-state index contributed by atoms with van der Waals surface area (Å²) in [5.41, 5.74) is 1.72. The average Bonchev–Trinajstić information content (AvgIpc) is 2.73. The van der Waals surface area contributed by atoms with Crippen LogP contribution in [-0.4, -0.2) is 25.9 Å². The number of ketones is 1. The van der Waals surface area contributed by atoms with Gasteiger partial charge in [0, 0.05) is 23.5 Å². The molecule has 7 nitrogen and oxygen atoms in total. The van der Waals surface area contributed by atoms with Gasteiger partial charge in [-0.2, -0.15) is 5.26 Å². The van der Waals surface area contributed by atoms with Crippen LogP contribution in [-0.2, 0) is 4.79 Å². The van der Waals surface area contributed by atoms with Gasteiger partial charge >= 0.3 is 0 Å². The molecule has 0 aliphatic heterocycles. The summed E-state index contributed by atoms with van der Waals surface area (Å²) in [7, 11) is 3.12. The molecule has 1 atom stereocenters. The molecule has 1 amide bonds. The summed E-state index contributed by atoms with van der Waals surface area (Å²) in [6, 6.07) is 13.7. The Morgan fingerprint density at radius 1 is 1.10 bits per heavy atom. The first-order chi connectivity index (χ1) is 13.9. The van der Waals surface area contributed by atoms with Gasteiger partial charge in [0.1, 0.15) is 11.6 Å². The van der Waals surface area contributed by atoms with Crippen molar-refractivity contribution in [1.29, 1.82) is 5.26 Å². The van der Waals surface area contributed by atoms with Crippen molar-refractivity contribution in [1.82, 2.24) is 5.32 Å². The number of rotatable bonds is 8. The van der Waals surface area contributed by atoms with Crippen molar-refractivity contribution >= 4 is 17.4 Å². The lowest BCUT2D eigenvalue weighted by Crippen LogP contribution is -2.18. The number of Topliss-reactive ketones (excluding diaryl/α,β-unsaturated/α-hetero) is 1. The monoisotopic (exact) mass is 393 g/mol. The molecule has 150 valence electrons. The standard InChI is InChI=1S/C22H23N3O4/c1-14(16-8-9-20(28-3)21(11-16)29-4)24-13-18(12-23)22(27)25-19-7-5-6-17(10-19)15(2)26/h5-11,13-14,24H,1-4H3,(H,25,27)/b18-13-. The molecule has 2 N–H and O–H groups in total. The number of hydrogen-bond acceptors (Lipinski definition) is 6. The van der Waals surface area contributed by atoms with Crippen molar-refractivity contribution in [3.63, 3.8) is 0 Å². The molecule has 0 saturated heterocycles. The highest BCUT2D eigenvalue weighted by atomic mass is 16.5. The molecule has 0 radical (unpaired) electrons. The van der Waals surface area contributed by atoms with E-state index in [2.05, 4.69) is 10.6 Å². The van der Waals surface area contributed by atoms with E-state index in [-0.39, 0.29) is 17.4 Å². The Hall–Kier alpha value is -3.79. The van der Waals surface area contributed by atoms with E-state index in [0.717, 1.165) is 5.56 Å². The summed E-state index contributed by atoms with van der Waals surface area (Å²) in [6.07, 6.45) is 1.37. The van der Waals surface area contributed by atoms with E-state index in [1.165, 1.54) is 13.1 Å². The van der Waals surface area contributed by atoms with Gasteiger partial charge in [-0.15, -0.1) is 0 Å². The minimum Gasteiger partial charge on any atom is -0.493 e. The topological polar surface area (TPSA) is 100 Å². The smallest absolute Gasteiger partial charge is 0.267 e. The van der Waals surface area contributed by atoms with Crippen LogP contribution in [0.3, 0.4) is 0 Å². The number of hydrogen-bond donors (Lipinski definition) is 2. The highest BCUT2D eigenvalue weighted by Gasteiger charge is 2.13. The number of nitriles is 1. The molecule has 0 fully saturated rings. The lowest BCUT2D eigenvalue weighted by molar-refractivity contribution is -0.112. The first-order valence-corrected chi connectivity index (χ1v) is 8.90. The second kappa shape index (κ2) is 9.95. The van der Waals surface area contributed by atoms with Crippen LogP contribution in [0.1, 0.15) is 35.8 Å². The van der Waals surface area contributed by atoms with Crippen LogP contribution in [0, 0.1) is 11.3 Å². The minimum atomic E-state index is -0.569. The number of methoxy groups -OCH3 is 2. The number of nitrogens with zero attached hydrogens (tertiary/aromatic N) is 1. The molecule has 0 aliphatic carbocycles. The van der Waals surface area contributed by atoms with Gasteiger partial charge in [0.05, 0.1) is 14.2 Å². The van der Waals surface area contributed by atoms with Crippen LogP contribution in [0.4, 0.5) is 5.69 Å². The Morgan fingerprint density at radius 3 is 2.45 bits per heavy atom. The van der Waals surface area contributed by atoms with Gasteiger partial charge in [-0.25, -0.2) is 0 Å². The Labute approximate surface area is 169 Å². The maximum absolute atomic E-state index is 12.4. The van der Waals surface area contributed by atoms with Crippen LogP contribution < -0.4 is 20.1 Å². The summed E-state index contributed by atoms with van der Waals surface area (Å²) < 4.78 is 10.5. The molecule has 2 rings (SSSR count). The van der Waals surface area contributed by atoms with Crippen LogP contribution in [0.15, 0.2) is 54.2 Å². The van der Waals surface area contributed by atoms with E-state index in [1.807, 2.05) is 25.1 Å². The lowest BCUT2D eigenvalue weighted by Gasteiger charge is -2.15. The third-order valence-electron chi connectivity index (χ3n) is 4.28. The molecule has 0 saturated carbocycles. The molecule has 0 aliphatic rings. The number of ether oxygens (including phenoxy) is 2. The molecule has 29 heavy (non-hydrogen) atoms. The normalized spacial score (nSPS) is 11.8. The van der Waals surface area contributed by atoms with Gasteiger partial charge in [-0.05, 0) is 43.7 Å². The number of carbonyl (C=O) groups is 2. The predicted molar refractivity (Wildman–Crippen MR) is 110 cm³/mol. The van der Waals surface area contributed by atoms with Gasteiger partial charge < -0.3 is 20.1 Å². The van der Waals surface area contributed by atoms with E-state index < -0.39 is 5.91 Å². The fourth-order valence-corrected chi connectivity index (χ4v) is 2.59. The molecule has 0 bridgehead atoms. The Kier molecular flexibility index (Phi) is 7.38. The maximum atomic E-state index is 12.4. The number of carbonyl (C=O) groups excluding carboxylic acids is 2. The number of anilines is 1. The van der Waals surface area contributed by atoms with E-state index in [0.29, 0.717) is 22.7 Å². The molecule has 1 unspecified atom stereocenters. The Morgan fingerprint density at radius 2 is 1.83 bits per heavy atom. The fraction of sp³-hybridized carbons (Fsp3) is 0.227. The quantitative estimate of drug-likeness (QED) is 0.404. The van der Waals surface area contributed by atoms with Crippen molar-refractivity contribution in [3.05, 3.63) is 65.4 Å². The zero-order valence-corrected chi connectivity index (χ0v) is 16.8. The summed E-state index contributed by atoms with van der Waals surface area (Å²) >= 11 is 0. The van der Waals surface area contributed by atoms with Crippen LogP contribution in [0.2, 0.25) is 0 Å². The minimum absolute atomic E-state index is 0.0921. The fourth-order valence-electron chi connectivity index (χ4n) is 2.59. The second-order valence-electron chi connectivity index (χ2n) is 6.26. The average molecular weight is 393 g/mol. The van der Waals surface area contributed by atoms with Gasteiger partial charge in [0.2, 0.25) is 0 Å². The van der Waals surface area contributed by atoms with Crippen molar-refractivity contribution in [2.24, 2.45) is 0 Å². The largest absolute Gasteiger partial charge is 0.493 e. The summed E-state index contributed by atoms with van der Waals surface area (Å²) in [6.45, 7) is 3.34. The second-order valence-corrected chi connectivity index (χ2v) is 6.26. The zero-order valence-electron chi connectivity index (χ0n) is 16.8. The molecular weight excluding hydrogens is 370 g/mol. The van der Waals surface area contributed by atoms with Crippen molar-refractivity contribution in [2.75, 3.05) is 19.5 Å². The highest BCUT2D eigenvalue weighted by molar-refractivity contribution is 6.07. The van der Waals surface area contributed by atoms with E-state index >= 15 is 0 Å². The molecule has 2 aromatic rings. The molecule has 2 aromatic carbocycles. The van der Waals surface area contributed by atoms with Crippen LogP contribution >= 0.6 is 0 Å². The first-order valence-electron chi connectivity index (χ1n) is 8.90. The number of benzene rings is 2. The van der Waals surface area contributed by atoms with Crippen molar-refractivity contribution in [3.8, 4) is 17.6 Å². The Bertz CT molecular complexity index is 976. The number of nitrogens with one attached hydrogen (secondary N) is 2. The molecule has 7 heteroatoms. The molecule has 0 spiro atoms. The van der Waals surface area contributed by atoms with Crippen molar-refractivity contribution < 1.29 is 19.1 Å². The van der Waals surface area contributed by atoms with Gasteiger partial charge in [-0.1, -0.05) is 18.2 Å². The lowest BCUT2D eigenvalue weighted by atomic mass is 10.1. The van der Waals surface area contributed by atoms with E-state index in [4.69, 9.17) is 9.47 Å². The predicted octanol–water partition coefficient (Wildman–Crippen LogP) is 3.60. The number of amides is 1. The third kappa shape index (κ3) is 5.59. The van der Waals surface area contributed by atoms with E-state index in [1.54, 1.807) is 44.6 Å². The summed E-state index contributed by atoms with van der Waals surface area (Å²) in [5, 5.41) is 15.0. The molecule has 0 aromatic heterocycles.